The van der Waals surface area contributed by atoms with Gasteiger partial charge in [0, 0.05) is 11.3 Å². The fraction of sp³-hybridized carbons (Fsp3) is 0.550. The van der Waals surface area contributed by atoms with Gasteiger partial charge in [0.25, 0.3) is 3.79 Å². The Labute approximate surface area is 210 Å². The topological polar surface area (TPSA) is 164 Å². The summed E-state index contributed by atoms with van der Waals surface area (Å²) < 4.78 is 19.9. The maximum Gasteiger partial charge on any atom is 0.306 e. The van der Waals surface area contributed by atoms with Gasteiger partial charge in [-0.25, -0.2) is 0 Å². The summed E-state index contributed by atoms with van der Waals surface area (Å²) in [5, 5.41) is 22.5. The lowest BCUT2D eigenvalue weighted by atomic mass is 9.92. The Balaban J connectivity index is 2.43. The third kappa shape index (κ3) is 7.44. The van der Waals surface area contributed by atoms with E-state index in [0.29, 0.717) is 5.56 Å². The summed E-state index contributed by atoms with van der Waals surface area (Å²) >= 11 is 17.1. The van der Waals surface area contributed by atoms with Crippen molar-refractivity contribution in [2.45, 2.75) is 67.4 Å². The highest BCUT2D eigenvalue weighted by Gasteiger charge is 2.58. The Kier molecular flexibility index (Phi) is 9.96. The fourth-order valence-corrected chi connectivity index (χ4v) is 3.20. The van der Waals surface area contributed by atoms with Gasteiger partial charge in [-0.15, -0.1) is 0 Å². The first kappa shape index (κ1) is 28.1. The molecule has 2 rings (SSSR count). The van der Waals surface area contributed by atoms with E-state index in [1.165, 1.54) is 13.8 Å². The van der Waals surface area contributed by atoms with Crippen LogP contribution in [-0.4, -0.2) is 56.9 Å². The average Bonchev–Trinajstić information content (AvgIpc) is 2.75. The number of carbonyl (C=O) groups is 2. The van der Waals surface area contributed by atoms with Gasteiger partial charge in [0.05, 0.1) is 19.1 Å². The molecule has 0 saturated carbocycles. The zero-order valence-electron chi connectivity index (χ0n) is 18.2. The first-order valence-corrected chi connectivity index (χ1v) is 11.1. The lowest BCUT2D eigenvalue weighted by Crippen LogP contribution is -2.66. The zero-order valence-corrected chi connectivity index (χ0v) is 20.5. The minimum absolute atomic E-state index is 0.0857. The normalized spacial score (nSPS) is 26.8. The molecule has 1 aliphatic rings. The number of nitrogens with zero attached hydrogens (tertiary/aromatic N) is 3. The van der Waals surface area contributed by atoms with Crippen LogP contribution in [0.2, 0.25) is 0 Å². The van der Waals surface area contributed by atoms with Gasteiger partial charge in [0.15, 0.2) is 11.8 Å². The summed E-state index contributed by atoms with van der Waals surface area (Å²) in [6.45, 7) is 2.58. The molecular formula is C20H23Cl3N4O7. The van der Waals surface area contributed by atoms with Crippen LogP contribution in [0.4, 0.5) is 0 Å². The highest BCUT2D eigenvalue weighted by molar-refractivity contribution is 6.76. The second-order valence-corrected chi connectivity index (χ2v) is 9.72. The van der Waals surface area contributed by atoms with Crippen molar-refractivity contribution < 1.29 is 33.6 Å². The predicted octanol–water partition coefficient (Wildman–Crippen LogP) is 3.96. The lowest BCUT2D eigenvalue weighted by molar-refractivity contribution is -0.318. The van der Waals surface area contributed by atoms with Gasteiger partial charge >= 0.3 is 5.97 Å². The van der Waals surface area contributed by atoms with Crippen molar-refractivity contribution in [1.29, 1.82) is 5.41 Å². The number of hydrogen-bond donors (Lipinski definition) is 2. The fourth-order valence-electron chi connectivity index (χ4n) is 3.07. The van der Waals surface area contributed by atoms with E-state index in [1.54, 1.807) is 30.3 Å². The second-order valence-electron chi connectivity index (χ2n) is 7.44. The number of Topliss-reactive ketones (excluding diaryl/α,β-unsaturated/α-hetero) is 1. The minimum Gasteiger partial charge on any atom is -0.453 e. The Morgan fingerprint density at radius 1 is 1.26 bits per heavy atom. The van der Waals surface area contributed by atoms with Crippen LogP contribution in [0.25, 0.3) is 10.4 Å². The summed E-state index contributed by atoms with van der Waals surface area (Å²) in [7, 11) is 0. The van der Waals surface area contributed by atoms with E-state index in [0.717, 1.165) is 0 Å². The third-order valence-electron chi connectivity index (χ3n) is 4.84. The number of ether oxygens (including phenoxy) is 4. The molecular weight excluding hydrogens is 515 g/mol. The zero-order chi connectivity index (χ0) is 25.5. The van der Waals surface area contributed by atoms with Crippen LogP contribution in [0, 0.1) is 5.41 Å². The number of esters is 1. The first-order valence-electron chi connectivity index (χ1n) is 9.99. The molecule has 0 aliphatic carbocycles. The third-order valence-corrected chi connectivity index (χ3v) is 5.35. The number of carbonyl (C=O) groups excluding carboxylic acids is 2. The van der Waals surface area contributed by atoms with Crippen LogP contribution in [0.1, 0.15) is 32.3 Å². The number of azide groups is 1. The van der Waals surface area contributed by atoms with Crippen LogP contribution in [0.5, 0.6) is 0 Å². The maximum atomic E-state index is 12.5. The van der Waals surface area contributed by atoms with Gasteiger partial charge in [-0.3, -0.25) is 10.2 Å². The van der Waals surface area contributed by atoms with Crippen LogP contribution in [0.3, 0.4) is 0 Å². The molecule has 1 aromatic rings. The number of ketones is 1. The summed E-state index contributed by atoms with van der Waals surface area (Å²) in [6, 6.07) is 8.81. The van der Waals surface area contributed by atoms with Crippen LogP contribution in [0.15, 0.2) is 35.4 Å². The Hall–Kier alpha value is -2.11. The molecule has 14 heteroatoms. The van der Waals surface area contributed by atoms with Gasteiger partial charge < -0.3 is 28.8 Å². The van der Waals surface area contributed by atoms with E-state index in [-0.39, 0.29) is 25.2 Å². The molecule has 2 N–H and O–H groups in total. The standard InChI is InChI=1S/C20H23Cl3N4O7/c1-11(28)8-9-14(29)33-15-16(31-10-13-6-4-3-5-7-13)19(30,26-27-25)12(2)32-17(15)34-18(24)20(21,22)23/h3-7,12,15-17,24,30H,8-10H2,1-2H3/t12-,15-,16-,17-,19-/m1/s1. The molecule has 11 nitrogen and oxygen atoms in total. The molecule has 1 fully saturated rings. The maximum absolute atomic E-state index is 12.5. The molecule has 0 radical (unpaired) electrons. The largest absolute Gasteiger partial charge is 0.453 e. The number of alkyl halides is 3. The molecule has 0 unspecified atom stereocenters. The van der Waals surface area contributed by atoms with E-state index < -0.39 is 46.0 Å². The Morgan fingerprint density at radius 3 is 2.47 bits per heavy atom. The van der Waals surface area contributed by atoms with E-state index in [4.69, 9.17) is 64.7 Å². The summed E-state index contributed by atoms with van der Waals surface area (Å²) in [5.41, 5.74) is 7.40. The molecule has 5 atom stereocenters. The predicted molar refractivity (Wildman–Crippen MR) is 122 cm³/mol. The second kappa shape index (κ2) is 12.0. The highest BCUT2D eigenvalue weighted by atomic mass is 35.6. The first-order chi connectivity index (χ1) is 15.9. The molecule has 0 spiro atoms. The lowest BCUT2D eigenvalue weighted by Gasteiger charge is -2.47. The van der Waals surface area contributed by atoms with E-state index in [2.05, 4.69) is 10.0 Å². The van der Waals surface area contributed by atoms with Crippen molar-refractivity contribution in [3.05, 3.63) is 46.3 Å². The van der Waals surface area contributed by atoms with Gasteiger partial charge in [-0.1, -0.05) is 70.2 Å². The molecule has 1 saturated heterocycles. The number of halogens is 3. The van der Waals surface area contributed by atoms with Crippen molar-refractivity contribution in [1.82, 2.24) is 0 Å². The average molecular weight is 538 g/mol. The van der Waals surface area contributed by atoms with E-state index >= 15 is 0 Å². The molecule has 1 aromatic carbocycles. The summed E-state index contributed by atoms with van der Waals surface area (Å²) in [5.74, 6) is -1.96. The smallest absolute Gasteiger partial charge is 0.306 e. The number of hydrogen-bond acceptors (Lipinski definition) is 9. The molecule has 186 valence electrons. The van der Waals surface area contributed by atoms with Crippen molar-refractivity contribution in [3.8, 4) is 0 Å². The van der Waals surface area contributed by atoms with Gasteiger partial charge in [0.2, 0.25) is 12.2 Å². The quantitative estimate of drug-likeness (QED) is 0.0915. The molecule has 34 heavy (non-hydrogen) atoms. The number of aliphatic hydroxyl groups is 1. The van der Waals surface area contributed by atoms with Crippen molar-refractivity contribution in [2.24, 2.45) is 5.11 Å². The molecule has 1 heterocycles. The van der Waals surface area contributed by atoms with E-state index in [9.17, 15) is 14.7 Å². The van der Waals surface area contributed by atoms with Crippen LogP contribution >= 0.6 is 34.8 Å². The van der Waals surface area contributed by atoms with Crippen molar-refractivity contribution in [3.63, 3.8) is 0 Å². The number of nitrogens with one attached hydrogen (secondary N) is 1. The Bertz CT molecular complexity index is 940. The minimum atomic E-state index is -2.35. The summed E-state index contributed by atoms with van der Waals surface area (Å²) in [6.07, 6.45) is -6.35. The molecule has 0 amide bonds. The van der Waals surface area contributed by atoms with Crippen molar-refractivity contribution >= 4 is 52.5 Å². The summed E-state index contributed by atoms with van der Waals surface area (Å²) in [4.78, 5) is 26.4. The van der Waals surface area contributed by atoms with Gasteiger partial charge in [-0.2, -0.15) is 0 Å². The van der Waals surface area contributed by atoms with Crippen LogP contribution in [-0.2, 0) is 35.1 Å². The molecule has 1 aliphatic heterocycles. The Morgan fingerprint density at radius 2 is 1.91 bits per heavy atom. The number of rotatable bonds is 9. The monoisotopic (exact) mass is 536 g/mol. The number of benzene rings is 1. The molecule has 0 aromatic heterocycles. The highest BCUT2D eigenvalue weighted by Crippen LogP contribution is 2.38. The van der Waals surface area contributed by atoms with E-state index in [1.807, 2.05) is 0 Å². The van der Waals surface area contributed by atoms with Gasteiger partial charge in [-0.05, 0) is 24.9 Å². The van der Waals surface area contributed by atoms with Crippen LogP contribution < -0.4 is 0 Å². The van der Waals surface area contributed by atoms with Gasteiger partial charge in [0.1, 0.15) is 11.9 Å². The van der Waals surface area contributed by atoms with Crippen molar-refractivity contribution in [2.75, 3.05) is 0 Å². The molecule has 0 bridgehead atoms. The SMILES string of the molecule is CC(=O)CCC(=O)O[C@H]1[C@@H](OC(=N)C(Cl)(Cl)Cl)O[C@H](C)[C@](O)(N=[N+]=[N-])[C@@H]1OCc1ccccc1.